The van der Waals surface area contributed by atoms with E-state index in [0.29, 0.717) is 5.69 Å². The van der Waals surface area contributed by atoms with Gasteiger partial charge in [-0.15, -0.1) is 0 Å². The first kappa shape index (κ1) is 14.9. The Morgan fingerprint density at radius 1 is 1.19 bits per heavy atom. The van der Waals surface area contributed by atoms with Gasteiger partial charge in [-0.25, -0.2) is 4.39 Å². The first-order valence-electron chi connectivity index (χ1n) is 6.13. The molecule has 0 aliphatic carbocycles. The Hall–Kier alpha value is -2.47. The maximum absolute atomic E-state index is 12.8. The van der Waals surface area contributed by atoms with Crippen LogP contribution in [0.25, 0.3) is 0 Å². The van der Waals surface area contributed by atoms with Crippen LogP contribution < -0.4 is 10.6 Å². The van der Waals surface area contributed by atoms with Crippen LogP contribution in [0.5, 0.6) is 5.75 Å². The fourth-order valence-corrected chi connectivity index (χ4v) is 1.88. The molecule has 108 valence electrons. The highest BCUT2D eigenvalue weighted by Crippen LogP contribution is 2.23. The molecule has 0 saturated heterocycles. The molecule has 0 atom stereocenters. The van der Waals surface area contributed by atoms with E-state index in [1.807, 2.05) is 6.92 Å². The molecule has 21 heavy (non-hydrogen) atoms. The fraction of sp³-hybridized carbons (Fsp3) is 0.0667. The highest BCUT2D eigenvalue weighted by molar-refractivity contribution is 7.80. The Kier molecular flexibility index (Phi) is 4.49. The average molecular weight is 304 g/mol. The predicted octanol–water partition coefficient (Wildman–Crippen LogP) is 2.97. The third-order valence-corrected chi connectivity index (χ3v) is 2.94. The number of benzene rings is 2. The first-order valence-corrected chi connectivity index (χ1v) is 6.54. The van der Waals surface area contributed by atoms with Crippen LogP contribution in [0.3, 0.4) is 0 Å². The van der Waals surface area contributed by atoms with Crippen molar-refractivity contribution >= 4 is 28.9 Å². The minimum Gasteiger partial charge on any atom is -0.506 e. The Bertz CT molecular complexity index is 687. The Morgan fingerprint density at radius 2 is 1.86 bits per heavy atom. The zero-order valence-corrected chi connectivity index (χ0v) is 12.0. The van der Waals surface area contributed by atoms with Crippen LogP contribution in [0.1, 0.15) is 15.9 Å². The van der Waals surface area contributed by atoms with Gasteiger partial charge in [0.1, 0.15) is 11.6 Å². The number of halogens is 1. The molecule has 0 spiro atoms. The number of rotatable bonds is 2. The van der Waals surface area contributed by atoms with Gasteiger partial charge < -0.3 is 10.4 Å². The Morgan fingerprint density at radius 3 is 2.52 bits per heavy atom. The number of phenolic OH excluding ortho intramolecular Hbond substituents is 1. The molecule has 0 unspecified atom stereocenters. The molecule has 0 aliphatic heterocycles. The van der Waals surface area contributed by atoms with E-state index in [4.69, 9.17) is 12.2 Å². The number of nitrogens with one attached hydrogen (secondary N) is 2. The third-order valence-electron chi connectivity index (χ3n) is 2.73. The molecule has 1 amide bonds. The lowest BCUT2D eigenvalue weighted by atomic mass is 10.2. The Balaban J connectivity index is 2.03. The zero-order valence-electron chi connectivity index (χ0n) is 11.2. The molecule has 3 N–H and O–H groups in total. The van der Waals surface area contributed by atoms with Crippen molar-refractivity contribution in [1.82, 2.24) is 5.32 Å². The second-order valence-corrected chi connectivity index (χ2v) is 4.84. The normalized spacial score (nSPS) is 10.0. The SMILES string of the molecule is Cc1ccc(O)c(NC(=S)NC(=O)c2ccc(F)cc2)c1. The summed E-state index contributed by atoms with van der Waals surface area (Å²) in [7, 11) is 0. The molecule has 0 saturated carbocycles. The van der Waals surface area contributed by atoms with Crippen molar-refractivity contribution in [1.29, 1.82) is 0 Å². The molecule has 2 aromatic rings. The van der Waals surface area contributed by atoms with Crippen LogP contribution in [0, 0.1) is 12.7 Å². The zero-order chi connectivity index (χ0) is 15.4. The van der Waals surface area contributed by atoms with Crippen LogP contribution in [-0.4, -0.2) is 16.1 Å². The van der Waals surface area contributed by atoms with Crippen molar-refractivity contribution in [2.24, 2.45) is 0 Å². The van der Waals surface area contributed by atoms with E-state index in [2.05, 4.69) is 10.6 Å². The summed E-state index contributed by atoms with van der Waals surface area (Å²) in [6.07, 6.45) is 0. The van der Waals surface area contributed by atoms with Crippen molar-refractivity contribution < 1.29 is 14.3 Å². The van der Waals surface area contributed by atoms with Crippen LogP contribution in [0.15, 0.2) is 42.5 Å². The standard InChI is InChI=1S/C15H13FN2O2S/c1-9-2-7-13(19)12(8-9)17-15(21)18-14(20)10-3-5-11(16)6-4-10/h2-8,19H,1H3,(H2,17,18,20,21). The third kappa shape index (κ3) is 4.00. The number of phenols is 1. The Labute approximate surface area is 126 Å². The van der Waals surface area contributed by atoms with E-state index in [-0.39, 0.29) is 16.4 Å². The van der Waals surface area contributed by atoms with Crippen molar-refractivity contribution in [3.05, 3.63) is 59.4 Å². The van der Waals surface area contributed by atoms with Crippen molar-refractivity contribution in [3.8, 4) is 5.75 Å². The summed E-state index contributed by atoms with van der Waals surface area (Å²) in [5.74, 6) is -0.851. The molecule has 6 heteroatoms. The highest BCUT2D eigenvalue weighted by Gasteiger charge is 2.09. The molecule has 2 aromatic carbocycles. The number of aromatic hydroxyl groups is 1. The lowest BCUT2D eigenvalue weighted by Crippen LogP contribution is -2.34. The van der Waals surface area contributed by atoms with Gasteiger partial charge in [-0.3, -0.25) is 10.1 Å². The number of aryl methyl sites for hydroxylation is 1. The van der Waals surface area contributed by atoms with Gasteiger partial charge >= 0.3 is 0 Å². The maximum Gasteiger partial charge on any atom is 0.257 e. The molecule has 0 aliphatic rings. The number of hydrogen-bond acceptors (Lipinski definition) is 3. The molecule has 0 aromatic heterocycles. The number of anilines is 1. The molecule has 0 bridgehead atoms. The summed E-state index contributed by atoms with van der Waals surface area (Å²) in [5, 5.41) is 14.9. The molecule has 0 fully saturated rings. The van der Waals surface area contributed by atoms with Crippen molar-refractivity contribution in [2.75, 3.05) is 5.32 Å². The van der Waals surface area contributed by atoms with Crippen LogP contribution in [-0.2, 0) is 0 Å². The fourth-order valence-electron chi connectivity index (χ4n) is 1.68. The van der Waals surface area contributed by atoms with E-state index in [1.165, 1.54) is 30.3 Å². The average Bonchev–Trinajstić information content (AvgIpc) is 2.43. The number of amides is 1. The van der Waals surface area contributed by atoms with E-state index < -0.39 is 11.7 Å². The van der Waals surface area contributed by atoms with E-state index in [1.54, 1.807) is 12.1 Å². The second-order valence-electron chi connectivity index (χ2n) is 4.44. The summed E-state index contributed by atoms with van der Waals surface area (Å²) < 4.78 is 12.8. The molecular formula is C15H13FN2O2S. The van der Waals surface area contributed by atoms with Crippen molar-refractivity contribution in [2.45, 2.75) is 6.92 Å². The van der Waals surface area contributed by atoms with Gasteiger partial charge in [0.15, 0.2) is 5.11 Å². The van der Waals surface area contributed by atoms with E-state index in [0.717, 1.165) is 5.56 Å². The minimum absolute atomic E-state index is 0.0268. The van der Waals surface area contributed by atoms with E-state index >= 15 is 0 Å². The summed E-state index contributed by atoms with van der Waals surface area (Å²) in [6, 6.07) is 10.1. The smallest absolute Gasteiger partial charge is 0.257 e. The van der Waals surface area contributed by atoms with Gasteiger partial charge in [0.05, 0.1) is 5.69 Å². The van der Waals surface area contributed by atoms with Crippen LogP contribution >= 0.6 is 12.2 Å². The lowest BCUT2D eigenvalue weighted by Gasteiger charge is -2.11. The van der Waals surface area contributed by atoms with Gasteiger partial charge in [0.2, 0.25) is 0 Å². The minimum atomic E-state index is -0.459. The van der Waals surface area contributed by atoms with E-state index in [9.17, 15) is 14.3 Å². The van der Waals surface area contributed by atoms with Gasteiger partial charge in [-0.1, -0.05) is 6.07 Å². The number of carbonyl (C=O) groups excluding carboxylic acids is 1. The summed E-state index contributed by atoms with van der Waals surface area (Å²) in [6.45, 7) is 1.87. The summed E-state index contributed by atoms with van der Waals surface area (Å²) >= 11 is 5.01. The molecular weight excluding hydrogens is 291 g/mol. The quantitative estimate of drug-likeness (QED) is 0.590. The summed E-state index contributed by atoms with van der Waals surface area (Å²) in [5.41, 5.74) is 1.62. The summed E-state index contributed by atoms with van der Waals surface area (Å²) in [4.78, 5) is 11.9. The topological polar surface area (TPSA) is 61.4 Å². The molecule has 0 heterocycles. The van der Waals surface area contributed by atoms with Gasteiger partial charge in [-0.05, 0) is 61.1 Å². The van der Waals surface area contributed by atoms with Crippen LogP contribution in [0.4, 0.5) is 10.1 Å². The largest absolute Gasteiger partial charge is 0.506 e. The molecule has 2 rings (SSSR count). The second kappa shape index (κ2) is 6.32. The monoisotopic (exact) mass is 304 g/mol. The predicted molar refractivity (Wildman–Crippen MR) is 82.9 cm³/mol. The molecule has 0 radical (unpaired) electrons. The van der Waals surface area contributed by atoms with Gasteiger partial charge in [-0.2, -0.15) is 0 Å². The maximum atomic E-state index is 12.8. The number of carbonyl (C=O) groups is 1. The highest BCUT2D eigenvalue weighted by atomic mass is 32.1. The van der Waals surface area contributed by atoms with Crippen molar-refractivity contribution in [3.63, 3.8) is 0 Å². The molecule has 4 nitrogen and oxygen atoms in total. The number of hydrogen-bond donors (Lipinski definition) is 3. The van der Waals surface area contributed by atoms with Gasteiger partial charge in [0, 0.05) is 5.56 Å². The first-order chi connectivity index (χ1) is 9.95. The number of thiocarbonyl (C=S) groups is 1. The van der Waals surface area contributed by atoms with Crippen LogP contribution in [0.2, 0.25) is 0 Å². The van der Waals surface area contributed by atoms with Gasteiger partial charge in [0.25, 0.3) is 5.91 Å². The lowest BCUT2D eigenvalue weighted by molar-refractivity contribution is 0.0977.